The molecule has 1 rings (SSSR count). The molecule has 186 valence electrons. The molecular weight excluding hydrogens is 429 g/mol. The summed E-state index contributed by atoms with van der Waals surface area (Å²) in [6, 6.07) is -4.38. The van der Waals surface area contributed by atoms with Crippen LogP contribution < -0.4 is 0 Å². The first-order valence-corrected chi connectivity index (χ1v) is 10.9. The molecule has 1 heterocycles. The van der Waals surface area contributed by atoms with Crippen molar-refractivity contribution in [2.45, 2.75) is 33.7 Å². The van der Waals surface area contributed by atoms with E-state index in [2.05, 4.69) is 4.90 Å². The summed E-state index contributed by atoms with van der Waals surface area (Å²) in [7, 11) is 0. The fourth-order valence-electron chi connectivity index (χ4n) is 3.71. The second-order valence-electron chi connectivity index (χ2n) is 8.03. The van der Waals surface area contributed by atoms with Gasteiger partial charge in [0.15, 0.2) is 0 Å². The zero-order valence-electron chi connectivity index (χ0n) is 19.6. The largest absolute Gasteiger partial charge is 0.315 e. The number of halogens is 3. The fraction of sp³-hybridized carbons (Fsp3) is 0.810. The van der Waals surface area contributed by atoms with Crippen LogP contribution in [0.2, 0.25) is 0 Å². The van der Waals surface area contributed by atoms with E-state index < -0.39 is 24.7 Å². The van der Waals surface area contributed by atoms with E-state index in [-0.39, 0.29) is 51.2 Å². The van der Waals surface area contributed by atoms with E-state index in [1.54, 1.807) is 9.80 Å². The van der Waals surface area contributed by atoms with Crippen LogP contribution in [-0.2, 0) is 19.2 Å². The highest BCUT2D eigenvalue weighted by Gasteiger charge is 2.27. The molecule has 0 aromatic heterocycles. The Kier molecular flexibility index (Phi) is 16.0. The third-order valence-electron chi connectivity index (χ3n) is 5.30. The Balaban J connectivity index is 0.00000302. The van der Waals surface area contributed by atoms with Crippen molar-refractivity contribution >= 4 is 24.4 Å². The van der Waals surface area contributed by atoms with E-state index in [9.17, 15) is 27.6 Å². The first-order valence-electron chi connectivity index (χ1n) is 10.9. The average molecular weight is 467 g/mol. The van der Waals surface area contributed by atoms with Gasteiger partial charge in [-0.25, -0.2) is 0 Å². The van der Waals surface area contributed by atoms with Crippen molar-refractivity contribution in [3.05, 3.63) is 0 Å². The molecule has 1 aliphatic heterocycles. The minimum absolute atomic E-state index is 0.0120. The summed E-state index contributed by atoms with van der Waals surface area (Å²) in [6.07, 6.45) is 0.750. The minimum Gasteiger partial charge on any atom is -0.304 e. The standard InChI is InChI=1S/C19H33F3N4O3.C2H4O/c1-4-26-10-9-24(13-18(21)28)6-5-23(12-17(20)27)7-8-25(14-19(22)29)11-16(26)15(2)3;1-2-3/h15-16H,4-14H2,1-3H3;2H,1H3. The molecule has 0 radical (unpaired) electrons. The van der Waals surface area contributed by atoms with Crippen molar-refractivity contribution < 1.29 is 32.3 Å². The maximum atomic E-state index is 13.1. The van der Waals surface area contributed by atoms with Crippen LogP contribution in [0.15, 0.2) is 0 Å². The van der Waals surface area contributed by atoms with Crippen molar-refractivity contribution in [1.29, 1.82) is 0 Å². The van der Waals surface area contributed by atoms with Crippen molar-refractivity contribution in [1.82, 2.24) is 19.6 Å². The molecule has 0 N–H and O–H groups in total. The summed E-state index contributed by atoms with van der Waals surface area (Å²) in [5, 5.41) is 0. The van der Waals surface area contributed by atoms with Gasteiger partial charge in [0.2, 0.25) is 0 Å². The maximum absolute atomic E-state index is 13.1. The van der Waals surface area contributed by atoms with E-state index in [0.29, 0.717) is 26.2 Å². The molecule has 0 spiro atoms. The van der Waals surface area contributed by atoms with Gasteiger partial charge in [-0.2, -0.15) is 13.2 Å². The second-order valence-corrected chi connectivity index (χ2v) is 8.03. The molecule has 8 nitrogen and oxygen atoms in total. The highest BCUT2D eigenvalue weighted by Crippen LogP contribution is 2.14. The molecular formula is C21H37F3N4O4. The van der Waals surface area contributed by atoms with Gasteiger partial charge in [0.05, 0.1) is 19.6 Å². The summed E-state index contributed by atoms with van der Waals surface area (Å²) < 4.78 is 39.1. The SMILES string of the molecule is CC=O.CCN1CCN(CC(=O)F)CCN(CC(=O)F)CCN(CC(=O)F)CC1C(C)C. The highest BCUT2D eigenvalue weighted by molar-refractivity contribution is 5.71. The Labute approximate surface area is 188 Å². The lowest BCUT2D eigenvalue weighted by molar-refractivity contribution is -0.133. The minimum atomic E-state index is -1.50. The molecule has 1 atom stereocenters. The normalized spacial score (nSPS) is 20.6. The molecule has 11 heteroatoms. The van der Waals surface area contributed by atoms with Gasteiger partial charge in [-0.3, -0.25) is 34.0 Å². The summed E-state index contributed by atoms with van der Waals surface area (Å²) in [5.74, 6) is 0.204. The Morgan fingerprint density at radius 3 is 1.50 bits per heavy atom. The van der Waals surface area contributed by atoms with Crippen LogP contribution >= 0.6 is 0 Å². The molecule has 32 heavy (non-hydrogen) atoms. The van der Waals surface area contributed by atoms with E-state index in [4.69, 9.17) is 4.79 Å². The lowest BCUT2D eigenvalue weighted by Gasteiger charge is -2.39. The van der Waals surface area contributed by atoms with Crippen LogP contribution in [-0.4, -0.2) is 122 Å². The van der Waals surface area contributed by atoms with Gasteiger partial charge in [-0.05, 0) is 19.4 Å². The zero-order chi connectivity index (χ0) is 24.7. The van der Waals surface area contributed by atoms with Gasteiger partial charge in [0, 0.05) is 51.9 Å². The van der Waals surface area contributed by atoms with Gasteiger partial charge in [0.25, 0.3) is 0 Å². The molecule has 1 unspecified atom stereocenters. The molecule has 0 aromatic carbocycles. The number of likely N-dealkylation sites (N-methyl/N-ethyl adjacent to an activating group) is 1. The van der Waals surface area contributed by atoms with Gasteiger partial charge in [0.1, 0.15) is 6.29 Å². The molecule has 0 saturated carbocycles. The molecule has 0 aliphatic carbocycles. The van der Waals surface area contributed by atoms with Crippen LogP contribution in [0.5, 0.6) is 0 Å². The molecule has 0 amide bonds. The van der Waals surface area contributed by atoms with Gasteiger partial charge in [-0.1, -0.05) is 20.8 Å². The lowest BCUT2D eigenvalue weighted by Crippen LogP contribution is -2.53. The predicted octanol–water partition coefficient (Wildman–Crippen LogP) is 0.946. The van der Waals surface area contributed by atoms with Gasteiger partial charge >= 0.3 is 18.1 Å². The zero-order valence-corrected chi connectivity index (χ0v) is 19.6. The van der Waals surface area contributed by atoms with Crippen LogP contribution in [0.25, 0.3) is 0 Å². The van der Waals surface area contributed by atoms with Crippen molar-refractivity contribution in [2.24, 2.45) is 5.92 Å². The first-order chi connectivity index (χ1) is 15.0. The number of nitrogens with zero attached hydrogens (tertiary/aromatic N) is 4. The third kappa shape index (κ3) is 13.7. The average Bonchev–Trinajstić information content (AvgIpc) is 2.67. The molecule has 1 aliphatic rings. The topological polar surface area (TPSA) is 81.2 Å². The van der Waals surface area contributed by atoms with E-state index in [1.807, 2.05) is 20.8 Å². The van der Waals surface area contributed by atoms with E-state index in [1.165, 1.54) is 11.8 Å². The lowest BCUT2D eigenvalue weighted by atomic mass is 10.0. The van der Waals surface area contributed by atoms with Crippen LogP contribution in [0.3, 0.4) is 0 Å². The van der Waals surface area contributed by atoms with Crippen LogP contribution in [0.4, 0.5) is 13.2 Å². The molecule has 1 fully saturated rings. The smallest absolute Gasteiger partial charge is 0.304 e. The van der Waals surface area contributed by atoms with Crippen molar-refractivity contribution in [3.63, 3.8) is 0 Å². The highest BCUT2D eigenvalue weighted by atomic mass is 19.1. The molecule has 0 bridgehead atoms. The van der Waals surface area contributed by atoms with Crippen LogP contribution in [0.1, 0.15) is 27.7 Å². The Hall–Kier alpha value is -1.69. The fourth-order valence-corrected chi connectivity index (χ4v) is 3.71. The number of hydrogen-bond acceptors (Lipinski definition) is 8. The summed E-state index contributed by atoms with van der Waals surface area (Å²) in [4.78, 5) is 48.9. The predicted molar refractivity (Wildman–Crippen MR) is 115 cm³/mol. The number of rotatable bonds is 8. The van der Waals surface area contributed by atoms with E-state index in [0.717, 1.165) is 6.29 Å². The van der Waals surface area contributed by atoms with E-state index >= 15 is 0 Å². The van der Waals surface area contributed by atoms with Gasteiger partial charge < -0.3 is 4.79 Å². The Morgan fingerprint density at radius 2 is 1.16 bits per heavy atom. The number of carbonyl (C=O) groups excluding carboxylic acids is 4. The Bertz CT molecular complexity index is 595. The molecule has 1 saturated heterocycles. The number of aldehydes is 1. The van der Waals surface area contributed by atoms with Crippen LogP contribution in [0, 0.1) is 5.92 Å². The monoisotopic (exact) mass is 466 g/mol. The second kappa shape index (κ2) is 16.9. The molecule has 0 aromatic rings. The van der Waals surface area contributed by atoms with Crippen molar-refractivity contribution in [2.75, 3.05) is 72.0 Å². The quantitative estimate of drug-likeness (QED) is 0.386. The number of carbonyl (C=O) groups is 4. The van der Waals surface area contributed by atoms with Gasteiger partial charge in [-0.15, -0.1) is 0 Å². The Morgan fingerprint density at radius 1 is 0.812 bits per heavy atom. The van der Waals surface area contributed by atoms with Crippen molar-refractivity contribution in [3.8, 4) is 0 Å². The first kappa shape index (κ1) is 30.3. The number of hydrogen-bond donors (Lipinski definition) is 0. The summed E-state index contributed by atoms with van der Waals surface area (Å²) >= 11 is 0. The summed E-state index contributed by atoms with van der Waals surface area (Å²) in [5.41, 5.74) is 0. The third-order valence-corrected chi connectivity index (χ3v) is 5.30. The summed E-state index contributed by atoms with van der Waals surface area (Å²) in [6.45, 7) is 9.53. The maximum Gasteiger partial charge on any atom is 0.315 e.